The molecule has 0 saturated heterocycles. The molecule has 3 nitrogen and oxygen atoms in total. The van der Waals surface area contributed by atoms with Crippen molar-refractivity contribution in [1.29, 1.82) is 0 Å². The van der Waals surface area contributed by atoms with Crippen LogP contribution in [0.5, 0.6) is 5.75 Å². The first-order valence-corrected chi connectivity index (χ1v) is 7.27. The maximum atomic E-state index is 12.6. The summed E-state index contributed by atoms with van der Waals surface area (Å²) in [5.41, 5.74) is 5.54. The van der Waals surface area contributed by atoms with E-state index in [4.69, 9.17) is 10.5 Å². The number of ether oxygens (including phenoxy) is 1. The molecular formula is C12H13FN2OS2. The van der Waals surface area contributed by atoms with Crippen LogP contribution in [0.2, 0.25) is 0 Å². The summed E-state index contributed by atoms with van der Waals surface area (Å²) in [6.45, 7) is 0.618. The molecular weight excluding hydrogens is 271 g/mol. The van der Waals surface area contributed by atoms with Crippen molar-refractivity contribution in [2.24, 2.45) is 0 Å². The van der Waals surface area contributed by atoms with Crippen molar-refractivity contribution in [3.05, 3.63) is 36.3 Å². The van der Waals surface area contributed by atoms with Gasteiger partial charge in [0.25, 0.3) is 0 Å². The van der Waals surface area contributed by atoms with Gasteiger partial charge in [-0.25, -0.2) is 9.37 Å². The normalized spacial score (nSPS) is 10.5. The quantitative estimate of drug-likeness (QED) is 0.652. The predicted molar refractivity (Wildman–Crippen MR) is 73.8 cm³/mol. The van der Waals surface area contributed by atoms with Crippen molar-refractivity contribution >= 4 is 28.2 Å². The van der Waals surface area contributed by atoms with Gasteiger partial charge in [0.05, 0.1) is 17.0 Å². The van der Waals surface area contributed by atoms with Gasteiger partial charge in [-0.05, 0) is 30.7 Å². The van der Waals surface area contributed by atoms with Crippen LogP contribution in [0.3, 0.4) is 0 Å². The zero-order valence-electron chi connectivity index (χ0n) is 9.64. The summed E-state index contributed by atoms with van der Waals surface area (Å²) < 4.78 is 19.3. The Morgan fingerprint density at radius 1 is 1.33 bits per heavy atom. The molecule has 0 atom stereocenters. The molecule has 1 heterocycles. The van der Waals surface area contributed by atoms with Gasteiger partial charge in [0.1, 0.15) is 11.6 Å². The number of thiazole rings is 1. The van der Waals surface area contributed by atoms with Crippen molar-refractivity contribution in [2.45, 2.75) is 10.6 Å². The van der Waals surface area contributed by atoms with Crippen molar-refractivity contribution in [3.8, 4) is 5.75 Å². The lowest BCUT2D eigenvalue weighted by Gasteiger charge is -2.05. The molecule has 0 spiro atoms. The van der Waals surface area contributed by atoms with Crippen LogP contribution in [0, 0.1) is 5.82 Å². The van der Waals surface area contributed by atoms with Gasteiger partial charge in [-0.3, -0.25) is 0 Å². The Labute approximate surface area is 113 Å². The fourth-order valence-electron chi connectivity index (χ4n) is 1.29. The third-order valence-electron chi connectivity index (χ3n) is 2.12. The molecule has 0 fully saturated rings. The average molecular weight is 284 g/mol. The first-order valence-electron chi connectivity index (χ1n) is 5.46. The summed E-state index contributed by atoms with van der Waals surface area (Å²) >= 11 is 3.21. The molecule has 18 heavy (non-hydrogen) atoms. The van der Waals surface area contributed by atoms with E-state index in [1.807, 2.05) is 0 Å². The third kappa shape index (κ3) is 4.19. The number of hydrogen-bond donors (Lipinski definition) is 1. The smallest absolute Gasteiger partial charge is 0.181 e. The molecule has 2 rings (SSSR count). The Morgan fingerprint density at radius 2 is 2.11 bits per heavy atom. The summed E-state index contributed by atoms with van der Waals surface area (Å²) in [5.74, 6) is 1.40. The Kier molecular flexibility index (Phi) is 4.83. The zero-order chi connectivity index (χ0) is 12.8. The summed E-state index contributed by atoms with van der Waals surface area (Å²) in [7, 11) is 0. The Bertz CT molecular complexity index is 487. The number of nitrogens with two attached hydrogens (primary N) is 1. The standard InChI is InChI=1S/C12H13FN2OS2/c13-9-2-4-10(5-3-9)16-6-1-7-17-11-8-15-12(14)18-11/h2-5,8H,1,6-7H2,(H2,14,15). The van der Waals surface area contributed by atoms with Gasteiger partial charge in [0.15, 0.2) is 5.13 Å². The Hall–Kier alpha value is -1.27. The summed E-state index contributed by atoms with van der Waals surface area (Å²) in [6.07, 6.45) is 2.70. The van der Waals surface area contributed by atoms with Crippen LogP contribution in [0.25, 0.3) is 0 Å². The number of rotatable bonds is 6. The van der Waals surface area contributed by atoms with E-state index in [1.165, 1.54) is 23.5 Å². The molecule has 2 aromatic rings. The van der Waals surface area contributed by atoms with Crippen LogP contribution in [0.4, 0.5) is 9.52 Å². The Balaban J connectivity index is 1.63. The van der Waals surface area contributed by atoms with Crippen molar-refractivity contribution < 1.29 is 9.13 Å². The van der Waals surface area contributed by atoms with E-state index in [0.717, 1.165) is 16.4 Å². The van der Waals surface area contributed by atoms with Gasteiger partial charge in [0, 0.05) is 5.75 Å². The molecule has 96 valence electrons. The van der Waals surface area contributed by atoms with Gasteiger partial charge < -0.3 is 10.5 Å². The molecule has 0 aliphatic heterocycles. The van der Waals surface area contributed by atoms with Gasteiger partial charge in [-0.2, -0.15) is 0 Å². The molecule has 6 heteroatoms. The first-order chi connectivity index (χ1) is 8.74. The number of thioether (sulfide) groups is 1. The molecule has 0 saturated carbocycles. The summed E-state index contributed by atoms with van der Waals surface area (Å²) in [5, 5.41) is 0.597. The summed E-state index contributed by atoms with van der Waals surface area (Å²) in [6, 6.07) is 6.05. The number of nitrogen functional groups attached to an aromatic ring is 1. The lowest BCUT2D eigenvalue weighted by molar-refractivity contribution is 0.318. The zero-order valence-corrected chi connectivity index (χ0v) is 11.3. The van der Waals surface area contributed by atoms with E-state index in [9.17, 15) is 4.39 Å². The van der Waals surface area contributed by atoms with Gasteiger partial charge in [-0.15, -0.1) is 11.8 Å². The molecule has 0 unspecified atom stereocenters. The summed E-state index contributed by atoms with van der Waals surface area (Å²) in [4.78, 5) is 3.98. The number of anilines is 1. The van der Waals surface area contributed by atoms with Gasteiger partial charge in [0.2, 0.25) is 0 Å². The second-order valence-electron chi connectivity index (χ2n) is 3.52. The first kappa shape index (κ1) is 13.2. The molecule has 0 amide bonds. The molecule has 0 aliphatic carbocycles. The number of nitrogens with zero attached hydrogens (tertiary/aromatic N) is 1. The van der Waals surface area contributed by atoms with Crippen LogP contribution in [0.15, 0.2) is 34.7 Å². The Morgan fingerprint density at radius 3 is 2.78 bits per heavy atom. The minimum absolute atomic E-state index is 0.249. The van der Waals surface area contributed by atoms with E-state index in [0.29, 0.717) is 17.5 Å². The van der Waals surface area contributed by atoms with Gasteiger partial charge in [-0.1, -0.05) is 11.3 Å². The number of benzene rings is 1. The molecule has 2 N–H and O–H groups in total. The molecule has 1 aromatic heterocycles. The third-order valence-corrected chi connectivity index (χ3v) is 4.23. The highest BCUT2D eigenvalue weighted by Gasteiger charge is 1.99. The minimum Gasteiger partial charge on any atom is -0.494 e. The van der Waals surface area contributed by atoms with E-state index in [-0.39, 0.29) is 5.82 Å². The largest absolute Gasteiger partial charge is 0.494 e. The number of halogens is 1. The van der Waals surface area contributed by atoms with Crippen molar-refractivity contribution in [1.82, 2.24) is 4.98 Å². The van der Waals surface area contributed by atoms with Crippen LogP contribution in [-0.2, 0) is 0 Å². The van der Waals surface area contributed by atoms with E-state index >= 15 is 0 Å². The highest BCUT2D eigenvalue weighted by molar-refractivity contribution is 8.01. The lowest BCUT2D eigenvalue weighted by Crippen LogP contribution is -1.98. The fraction of sp³-hybridized carbons (Fsp3) is 0.250. The fourth-order valence-corrected chi connectivity index (χ4v) is 3.04. The lowest BCUT2D eigenvalue weighted by atomic mass is 10.3. The molecule has 0 radical (unpaired) electrons. The second-order valence-corrected chi connectivity index (χ2v) is 5.98. The molecule has 0 bridgehead atoms. The maximum Gasteiger partial charge on any atom is 0.181 e. The maximum absolute atomic E-state index is 12.6. The second kappa shape index (κ2) is 6.61. The average Bonchev–Trinajstić information content (AvgIpc) is 2.77. The SMILES string of the molecule is Nc1ncc(SCCCOc2ccc(F)cc2)s1. The predicted octanol–water partition coefficient (Wildman–Crippen LogP) is 3.43. The van der Waals surface area contributed by atoms with Crippen LogP contribution in [0.1, 0.15) is 6.42 Å². The van der Waals surface area contributed by atoms with Crippen LogP contribution < -0.4 is 10.5 Å². The van der Waals surface area contributed by atoms with Gasteiger partial charge >= 0.3 is 0 Å². The van der Waals surface area contributed by atoms with E-state index in [2.05, 4.69) is 4.98 Å². The highest BCUT2D eigenvalue weighted by Crippen LogP contribution is 2.26. The molecule has 0 aliphatic rings. The van der Waals surface area contributed by atoms with Crippen molar-refractivity contribution in [3.63, 3.8) is 0 Å². The van der Waals surface area contributed by atoms with Crippen LogP contribution >= 0.6 is 23.1 Å². The monoisotopic (exact) mass is 284 g/mol. The number of aromatic nitrogens is 1. The minimum atomic E-state index is -0.249. The number of hydrogen-bond acceptors (Lipinski definition) is 5. The van der Waals surface area contributed by atoms with Crippen molar-refractivity contribution in [2.75, 3.05) is 18.1 Å². The van der Waals surface area contributed by atoms with Crippen LogP contribution in [-0.4, -0.2) is 17.3 Å². The highest BCUT2D eigenvalue weighted by atomic mass is 32.2. The van der Waals surface area contributed by atoms with E-state index in [1.54, 1.807) is 30.1 Å². The molecule has 1 aromatic carbocycles. The topological polar surface area (TPSA) is 48.1 Å². The van der Waals surface area contributed by atoms with E-state index < -0.39 is 0 Å².